The van der Waals surface area contributed by atoms with Crippen LogP contribution in [0.15, 0.2) is 59.5 Å². The Bertz CT molecular complexity index is 983. The lowest BCUT2D eigenvalue weighted by Gasteiger charge is -2.07. The molecule has 2 aromatic carbocycles. The topological polar surface area (TPSA) is 84.1 Å². The number of hydrogen-bond acceptors (Lipinski definition) is 4. The van der Waals surface area contributed by atoms with Gasteiger partial charge in [-0.15, -0.1) is 0 Å². The molecule has 0 aliphatic carbocycles. The van der Waals surface area contributed by atoms with Crippen LogP contribution in [-0.2, 0) is 6.42 Å². The minimum Gasteiger partial charge on any atom is -0.497 e. The molecule has 0 saturated carbocycles. The number of amides is 1. The molecule has 1 amide bonds. The van der Waals surface area contributed by atoms with Gasteiger partial charge < -0.3 is 15.0 Å². The molecule has 0 fully saturated rings. The van der Waals surface area contributed by atoms with Gasteiger partial charge in [0, 0.05) is 23.3 Å². The standard InChI is InChI=1S/C20H18ClN3O3/c1-27-16-8-2-13(3-9-16)10-11-22-19(25)17-12-23-18(24-20(17)26)14-4-6-15(21)7-5-14/h2-9,12H,10-11H2,1H3,(H,22,25)(H,23,24,26). The van der Waals surface area contributed by atoms with Gasteiger partial charge in [-0.25, -0.2) is 4.98 Å². The average Bonchev–Trinajstić information content (AvgIpc) is 2.69. The smallest absolute Gasteiger partial charge is 0.264 e. The Balaban J connectivity index is 1.62. The largest absolute Gasteiger partial charge is 0.497 e. The first kappa shape index (κ1) is 18.7. The summed E-state index contributed by atoms with van der Waals surface area (Å²) in [6, 6.07) is 14.5. The van der Waals surface area contributed by atoms with E-state index in [9.17, 15) is 9.59 Å². The van der Waals surface area contributed by atoms with Gasteiger partial charge in [-0.1, -0.05) is 23.7 Å². The van der Waals surface area contributed by atoms with Gasteiger partial charge in [-0.3, -0.25) is 9.59 Å². The fourth-order valence-electron chi connectivity index (χ4n) is 2.52. The molecule has 1 aromatic heterocycles. The van der Waals surface area contributed by atoms with Crippen LogP contribution in [0.5, 0.6) is 5.75 Å². The molecule has 0 spiro atoms. The molecule has 7 heteroatoms. The number of carbonyl (C=O) groups is 1. The first-order valence-electron chi connectivity index (χ1n) is 8.33. The maximum Gasteiger partial charge on any atom is 0.264 e. The van der Waals surface area contributed by atoms with Crippen molar-refractivity contribution in [3.05, 3.63) is 81.2 Å². The van der Waals surface area contributed by atoms with Crippen molar-refractivity contribution in [2.75, 3.05) is 13.7 Å². The van der Waals surface area contributed by atoms with Crippen molar-refractivity contribution < 1.29 is 9.53 Å². The van der Waals surface area contributed by atoms with Crippen molar-refractivity contribution in [2.24, 2.45) is 0 Å². The van der Waals surface area contributed by atoms with E-state index in [0.717, 1.165) is 11.3 Å². The summed E-state index contributed by atoms with van der Waals surface area (Å²) >= 11 is 5.85. The number of halogens is 1. The van der Waals surface area contributed by atoms with Crippen molar-refractivity contribution in [2.45, 2.75) is 6.42 Å². The van der Waals surface area contributed by atoms with E-state index in [2.05, 4.69) is 15.3 Å². The predicted molar refractivity (Wildman–Crippen MR) is 104 cm³/mol. The highest BCUT2D eigenvalue weighted by atomic mass is 35.5. The Morgan fingerprint density at radius 2 is 1.85 bits per heavy atom. The summed E-state index contributed by atoms with van der Waals surface area (Å²) in [6.07, 6.45) is 1.93. The molecule has 2 N–H and O–H groups in total. The Hall–Kier alpha value is -3.12. The molecule has 0 aliphatic rings. The number of rotatable bonds is 6. The van der Waals surface area contributed by atoms with E-state index in [1.807, 2.05) is 24.3 Å². The van der Waals surface area contributed by atoms with E-state index < -0.39 is 11.5 Å². The zero-order chi connectivity index (χ0) is 19.2. The van der Waals surface area contributed by atoms with Crippen LogP contribution in [0.4, 0.5) is 0 Å². The lowest BCUT2D eigenvalue weighted by atomic mass is 10.1. The van der Waals surface area contributed by atoms with Gasteiger partial charge >= 0.3 is 0 Å². The number of nitrogens with one attached hydrogen (secondary N) is 2. The van der Waals surface area contributed by atoms with Gasteiger partial charge in [-0.2, -0.15) is 0 Å². The summed E-state index contributed by atoms with van der Waals surface area (Å²) in [5, 5.41) is 3.33. The molecule has 138 valence electrons. The van der Waals surface area contributed by atoms with Gasteiger partial charge in [0.05, 0.1) is 7.11 Å². The zero-order valence-electron chi connectivity index (χ0n) is 14.7. The number of nitrogens with zero attached hydrogens (tertiary/aromatic N) is 1. The highest BCUT2D eigenvalue weighted by molar-refractivity contribution is 6.30. The Morgan fingerprint density at radius 1 is 1.15 bits per heavy atom. The van der Waals surface area contributed by atoms with E-state index in [0.29, 0.717) is 29.4 Å². The Labute approximate surface area is 161 Å². The molecule has 6 nitrogen and oxygen atoms in total. The third kappa shape index (κ3) is 4.74. The number of aromatic nitrogens is 2. The number of hydrogen-bond donors (Lipinski definition) is 2. The van der Waals surface area contributed by atoms with Crippen molar-refractivity contribution in [1.82, 2.24) is 15.3 Å². The van der Waals surface area contributed by atoms with E-state index in [1.54, 1.807) is 31.4 Å². The summed E-state index contributed by atoms with van der Waals surface area (Å²) in [4.78, 5) is 31.3. The van der Waals surface area contributed by atoms with Crippen LogP contribution in [-0.4, -0.2) is 29.5 Å². The number of methoxy groups -OCH3 is 1. The van der Waals surface area contributed by atoms with Crippen LogP contribution in [0.2, 0.25) is 5.02 Å². The van der Waals surface area contributed by atoms with Crippen molar-refractivity contribution in [1.29, 1.82) is 0 Å². The maximum absolute atomic E-state index is 12.2. The molecule has 0 radical (unpaired) electrons. The molecule has 0 unspecified atom stereocenters. The molecular weight excluding hydrogens is 366 g/mol. The molecule has 0 aliphatic heterocycles. The van der Waals surface area contributed by atoms with Crippen LogP contribution in [0.3, 0.4) is 0 Å². The third-order valence-corrected chi connectivity index (χ3v) is 4.27. The van der Waals surface area contributed by atoms with Crippen LogP contribution < -0.4 is 15.6 Å². The van der Waals surface area contributed by atoms with Crippen molar-refractivity contribution >= 4 is 17.5 Å². The second kappa shape index (κ2) is 8.51. The number of H-pyrrole nitrogens is 1. The van der Waals surface area contributed by atoms with E-state index in [-0.39, 0.29) is 5.56 Å². The fraction of sp³-hybridized carbons (Fsp3) is 0.150. The van der Waals surface area contributed by atoms with Crippen LogP contribution in [0.25, 0.3) is 11.4 Å². The third-order valence-electron chi connectivity index (χ3n) is 4.02. The van der Waals surface area contributed by atoms with Crippen molar-refractivity contribution in [3.63, 3.8) is 0 Å². The summed E-state index contributed by atoms with van der Waals surface area (Å²) in [5.74, 6) is 0.701. The SMILES string of the molecule is COc1ccc(CCNC(=O)c2cnc(-c3ccc(Cl)cc3)[nH]c2=O)cc1. The number of benzene rings is 2. The second-order valence-electron chi connectivity index (χ2n) is 5.84. The number of aromatic amines is 1. The maximum atomic E-state index is 12.2. The molecule has 0 bridgehead atoms. The molecule has 27 heavy (non-hydrogen) atoms. The van der Waals surface area contributed by atoms with E-state index in [4.69, 9.17) is 16.3 Å². The zero-order valence-corrected chi connectivity index (χ0v) is 15.4. The minimum atomic E-state index is -0.489. The first-order valence-corrected chi connectivity index (χ1v) is 8.71. The molecule has 3 aromatic rings. The predicted octanol–water partition coefficient (Wildman–Crippen LogP) is 3.07. The quantitative estimate of drug-likeness (QED) is 0.685. The van der Waals surface area contributed by atoms with Gasteiger partial charge in [0.1, 0.15) is 17.1 Å². The monoisotopic (exact) mass is 383 g/mol. The molecule has 0 saturated heterocycles. The Morgan fingerprint density at radius 3 is 2.48 bits per heavy atom. The molecule has 3 rings (SSSR count). The lowest BCUT2D eigenvalue weighted by molar-refractivity contribution is 0.0952. The normalized spacial score (nSPS) is 10.4. The summed E-state index contributed by atoms with van der Waals surface area (Å²) in [7, 11) is 1.61. The Kier molecular flexibility index (Phi) is 5.88. The number of ether oxygens (including phenoxy) is 1. The molecule has 0 atom stereocenters. The average molecular weight is 384 g/mol. The van der Waals surface area contributed by atoms with Gasteiger partial charge in [0.2, 0.25) is 0 Å². The van der Waals surface area contributed by atoms with Crippen LogP contribution in [0.1, 0.15) is 15.9 Å². The number of carbonyl (C=O) groups excluding carboxylic acids is 1. The van der Waals surface area contributed by atoms with Crippen molar-refractivity contribution in [3.8, 4) is 17.1 Å². The van der Waals surface area contributed by atoms with Gasteiger partial charge in [0.25, 0.3) is 11.5 Å². The van der Waals surface area contributed by atoms with Gasteiger partial charge in [-0.05, 0) is 48.4 Å². The van der Waals surface area contributed by atoms with Crippen LogP contribution in [0, 0.1) is 0 Å². The molecular formula is C20H18ClN3O3. The van der Waals surface area contributed by atoms with E-state index in [1.165, 1.54) is 6.20 Å². The second-order valence-corrected chi connectivity index (χ2v) is 6.27. The minimum absolute atomic E-state index is 0.0255. The fourth-order valence-corrected chi connectivity index (χ4v) is 2.64. The summed E-state index contributed by atoms with van der Waals surface area (Å²) in [5.41, 5.74) is 1.25. The van der Waals surface area contributed by atoms with Gasteiger partial charge in [0.15, 0.2) is 0 Å². The highest BCUT2D eigenvalue weighted by Crippen LogP contribution is 2.16. The first-order chi connectivity index (χ1) is 13.1. The van der Waals surface area contributed by atoms with E-state index >= 15 is 0 Å². The highest BCUT2D eigenvalue weighted by Gasteiger charge is 2.12. The summed E-state index contributed by atoms with van der Waals surface area (Å²) in [6.45, 7) is 0.406. The lowest BCUT2D eigenvalue weighted by Crippen LogP contribution is -2.31. The molecule has 1 heterocycles. The van der Waals surface area contributed by atoms with Crippen LogP contribution >= 0.6 is 11.6 Å². The summed E-state index contributed by atoms with van der Waals surface area (Å²) < 4.78 is 5.11.